The van der Waals surface area contributed by atoms with Crippen LogP contribution in [0.15, 0.2) is 48.6 Å². The Hall–Kier alpha value is -1.61. The molecular formula is C31H56O3. The first kappa shape index (κ1) is 34.6. The van der Waals surface area contributed by atoms with E-state index in [1.54, 1.807) is 0 Å². The number of hydrogen-bond donors (Lipinski definition) is 1. The summed E-state index contributed by atoms with van der Waals surface area (Å²) in [6.45, 7) is 6.64. The van der Waals surface area contributed by atoms with Crippen molar-refractivity contribution in [1.29, 1.82) is 0 Å². The molecule has 0 unspecified atom stereocenters. The van der Waals surface area contributed by atoms with E-state index in [-0.39, 0.29) is 12.6 Å². The number of allylic oxidation sites excluding steroid dienone is 7. The number of aliphatic hydroxyl groups is 1. The van der Waals surface area contributed by atoms with Crippen molar-refractivity contribution in [2.75, 3.05) is 13.2 Å². The molecule has 0 aliphatic rings. The highest BCUT2D eigenvalue weighted by Gasteiger charge is 1.91. The van der Waals surface area contributed by atoms with Gasteiger partial charge in [0.05, 0.1) is 0 Å². The van der Waals surface area contributed by atoms with E-state index in [0.717, 1.165) is 32.1 Å². The van der Waals surface area contributed by atoms with Gasteiger partial charge in [0, 0.05) is 13.5 Å². The Balaban J connectivity index is 0. The summed E-state index contributed by atoms with van der Waals surface area (Å²) in [5.74, 6) is -0.207. The van der Waals surface area contributed by atoms with Gasteiger partial charge < -0.3 is 9.84 Å². The minimum absolute atomic E-state index is 0.207. The number of esters is 1. The van der Waals surface area contributed by atoms with Gasteiger partial charge in [-0.1, -0.05) is 120 Å². The molecule has 0 aliphatic heterocycles. The van der Waals surface area contributed by atoms with E-state index < -0.39 is 0 Å². The summed E-state index contributed by atoms with van der Waals surface area (Å²) < 4.78 is 4.80. The number of unbranched alkanes of at least 4 members (excludes halogenated alkanes) is 13. The van der Waals surface area contributed by atoms with Crippen LogP contribution >= 0.6 is 0 Å². The van der Waals surface area contributed by atoms with Crippen molar-refractivity contribution in [1.82, 2.24) is 0 Å². The average Bonchev–Trinajstić information content (AvgIpc) is 2.83. The molecule has 0 saturated heterocycles. The van der Waals surface area contributed by atoms with Crippen molar-refractivity contribution in [3.05, 3.63) is 48.6 Å². The van der Waals surface area contributed by atoms with Gasteiger partial charge in [0.1, 0.15) is 6.61 Å². The van der Waals surface area contributed by atoms with Gasteiger partial charge in [-0.05, 0) is 51.4 Å². The first-order chi connectivity index (χ1) is 16.7. The lowest BCUT2D eigenvalue weighted by molar-refractivity contribution is -0.139. The van der Waals surface area contributed by atoms with Crippen LogP contribution in [0.4, 0.5) is 0 Å². The van der Waals surface area contributed by atoms with Crippen LogP contribution in [-0.4, -0.2) is 24.3 Å². The summed E-state index contributed by atoms with van der Waals surface area (Å²) in [4.78, 5) is 10.5. The Morgan fingerprint density at radius 3 is 1.65 bits per heavy atom. The van der Waals surface area contributed by atoms with E-state index in [0.29, 0.717) is 6.61 Å². The Morgan fingerprint density at radius 1 is 0.588 bits per heavy atom. The molecule has 0 fully saturated rings. The molecule has 0 rings (SSSR count). The number of ether oxygens (including phenoxy) is 1. The second-order valence-electron chi connectivity index (χ2n) is 8.80. The van der Waals surface area contributed by atoms with Crippen molar-refractivity contribution < 1.29 is 14.6 Å². The largest absolute Gasteiger partial charge is 0.462 e. The maximum Gasteiger partial charge on any atom is 0.302 e. The Morgan fingerprint density at radius 2 is 1.03 bits per heavy atom. The second-order valence-corrected chi connectivity index (χ2v) is 8.80. The van der Waals surface area contributed by atoms with Crippen LogP contribution in [0.25, 0.3) is 0 Å². The third-order valence-electron chi connectivity index (χ3n) is 5.33. The maximum atomic E-state index is 10.5. The van der Waals surface area contributed by atoms with Crippen molar-refractivity contribution in [2.45, 2.75) is 130 Å². The molecule has 3 heteroatoms. The van der Waals surface area contributed by atoms with Crippen molar-refractivity contribution in [2.24, 2.45) is 0 Å². The molecule has 0 radical (unpaired) electrons. The zero-order valence-corrected chi connectivity index (χ0v) is 22.8. The van der Waals surface area contributed by atoms with Crippen molar-refractivity contribution in [3.8, 4) is 0 Å². The Kier molecular flexibility index (Phi) is 34.1. The fourth-order valence-corrected chi connectivity index (χ4v) is 3.25. The fraction of sp³-hybridized carbons (Fsp3) is 0.710. The van der Waals surface area contributed by atoms with E-state index in [1.165, 1.54) is 84.0 Å². The van der Waals surface area contributed by atoms with Crippen LogP contribution in [-0.2, 0) is 9.53 Å². The first-order valence-corrected chi connectivity index (χ1v) is 14.0. The van der Waals surface area contributed by atoms with E-state index in [1.807, 2.05) is 6.08 Å². The third kappa shape index (κ3) is 37.7. The van der Waals surface area contributed by atoms with Crippen molar-refractivity contribution >= 4 is 5.97 Å². The minimum Gasteiger partial charge on any atom is -0.462 e. The lowest BCUT2D eigenvalue weighted by Gasteiger charge is -2.00. The zero-order valence-electron chi connectivity index (χ0n) is 22.8. The molecule has 0 heterocycles. The van der Waals surface area contributed by atoms with Gasteiger partial charge in [-0.2, -0.15) is 0 Å². The van der Waals surface area contributed by atoms with Crippen LogP contribution < -0.4 is 0 Å². The zero-order chi connectivity index (χ0) is 25.4. The molecular weight excluding hydrogens is 420 g/mol. The molecule has 0 aromatic heterocycles. The summed E-state index contributed by atoms with van der Waals surface area (Å²) in [6, 6.07) is 0. The molecule has 0 spiro atoms. The molecule has 3 nitrogen and oxygen atoms in total. The number of carbonyl (C=O) groups is 1. The summed E-state index contributed by atoms with van der Waals surface area (Å²) in [6.07, 6.45) is 38.4. The molecule has 0 aromatic carbocycles. The minimum atomic E-state index is -0.207. The van der Waals surface area contributed by atoms with Crippen LogP contribution in [0.1, 0.15) is 130 Å². The van der Waals surface area contributed by atoms with Gasteiger partial charge in [-0.3, -0.25) is 4.79 Å². The predicted octanol–water partition coefficient (Wildman–Crippen LogP) is 9.42. The van der Waals surface area contributed by atoms with E-state index in [2.05, 4.69) is 56.4 Å². The molecule has 0 aromatic rings. The summed E-state index contributed by atoms with van der Waals surface area (Å²) in [7, 11) is 0. The molecule has 1 N–H and O–H groups in total. The normalized spacial score (nSPS) is 11.6. The van der Waals surface area contributed by atoms with E-state index in [9.17, 15) is 4.79 Å². The number of hydrogen-bond acceptors (Lipinski definition) is 3. The van der Waals surface area contributed by atoms with Gasteiger partial charge >= 0.3 is 5.97 Å². The maximum absolute atomic E-state index is 10.5. The summed E-state index contributed by atoms with van der Waals surface area (Å²) in [5, 5.41) is 8.58. The highest BCUT2D eigenvalue weighted by atomic mass is 16.5. The predicted molar refractivity (Wildman–Crippen MR) is 150 cm³/mol. The SMILES string of the molecule is CCCCC/C=C\CC/C=C/C=C/CCCO.CCCCCCCCCC/C=C\COC(C)=O. The smallest absolute Gasteiger partial charge is 0.302 e. The quantitative estimate of drug-likeness (QED) is 0.0732. The van der Waals surface area contributed by atoms with Crippen molar-refractivity contribution in [3.63, 3.8) is 0 Å². The summed E-state index contributed by atoms with van der Waals surface area (Å²) in [5.41, 5.74) is 0. The van der Waals surface area contributed by atoms with E-state index in [4.69, 9.17) is 9.84 Å². The standard InChI is InChI=1S/C16H28O.C15H28O2/c1-2-3-4-5-6-7-8-9-10-11-12-13-14-15-16-17;1-3-4-5-6-7-8-9-10-11-12-13-14-17-15(2)16/h6-7,10-13,17H,2-5,8-9,14-16H2,1H3;12-13H,3-11,14H2,1-2H3/b7-6-,11-10+,13-12+;13-12-. The first-order valence-electron chi connectivity index (χ1n) is 14.0. The number of rotatable bonds is 22. The molecule has 0 bridgehead atoms. The third-order valence-corrected chi connectivity index (χ3v) is 5.33. The molecule has 0 amide bonds. The lowest BCUT2D eigenvalue weighted by Crippen LogP contribution is -1.97. The monoisotopic (exact) mass is 476 g/mol. The number of aliphatic hydroxyl groups excluding tert-OH is 1. The lowest BCUT2D eigenvalue weighted by atomic mass is 10.1. The highest BCUT2D eigenvalue weighted by Crippen LogP contribution is 2.09. The molecule has 198 valence electrons. The summed E-state index contributed by atoms with van der Waals surface area (Å²) >= 11 is 0. The van der Waals surface area contributed by atoms with Gasteiger partial charge in [-0.15, -0.1) is 0 Å². The van der Waals surface area contributed by atoms with Gasteiger partial charge in [0.15, 0.2) is 0 Å². The van der Waals surface area contributed by atoms with Gasteiger partial charge in [-0.25, -0.2) is 0 Å². The molecule has 0 aliphatic carbocycles. The van der Waals surface area contributed by atoms with Crippen LogP contribution in [0.2, 0.25) is 0 Å². The fourth-order valence-electron chi connectivity index (χ4n) is 3.25. The highest BCUT2D eigenvalue weighted by molar-refractivity contribution is 5.65. The molecule has 0 atom stereocenters. The Bertz CT molecular complexity index is 503. The molecule has 0 saturated carbocycles. The van der Waals surface area contributed by atoms with Gasteiger partial charge in [0.2, 0.25) is 0 Å². The average molecular weight is 477 g/mol. The Labute approximate surface area is 212 Å². The number of carbonyl (C=O) groups excluding carboxylic acids is 1. The van der Waals surface area contributed by atoms with Crippen LogP contribution in [0.3, 0.4) is 0 Å². The van der Waals surface area contributed by atoms with Crippen LogP contribution in [0, 0.1) is 0 Å². The second kappa shape index (κ2) is 33.6. The van der Waals surface area contributed by atoms with Gasteiger partial charge in [0.25, 0.3) is 0 Å². The van der Waals surface area contributed by atoms with E-state index >= 15 is 0 Å². The van der Waals surface area contributed by atoms with Crippen LogP contribution in [0.5, 0.6) is 0 Å². The topological polar surface area (TPSA) is 46.5 Å². The molecule has 34 heavy (non-hydrogen) atoms.